The van der Waals surface area contributed by atoms with Crippen molar-refractivity contribution in [3.63, 3.8) is 0 Å². The zero-order valence-corrected chi connectivity index (χ0v) is 10.2. The molecule has 0 spiro atoms. The van der Waals surface area contributed by atoms with Gasteiger partial charge in [0.05, 0.1) is 17.4 Å². The van der Waals surface area contributed by atoms with Gasteiger partial charge >= 0.3 is 0 Å². The molecule has 94 valence electrons. The molecule has 1 fully saturated rings. The first-order chi connectivity index (χ1) is 9.35. The number of aromatic nitrogens is 3. The van der Waals surface area contributed by atoms with Crippen LogP contribution < -0.4 is 10.6 Å². The lowest BCUT2D eigenvalue weighted by Gasteiger charge is -2.08. The molecule has 1 saturated carbocycles. The Morgan fingerprint density at radius 1 is 1.26 bits per heavy atom. The maximum atomic E-state index is 9.03. The number of benzene rings is 1. The molecule has 3 rings (SSSR count). The molecule has 1 aromatic carbocycles. The molecular formula is C13H12N6. The average molecular weight is 252 g/mol. The van der Waals surface area contributed by atoms with E-state index < -0.39 is 0 Å². The summed E-state index contributed by atoms with van der Waals surface area (Å²) in [5.41, 5.74) is 1.28. The van der Waals surface area contributed by atoms with Crippen molar-refractivity contribution in [1.82, 2.24) is 15.2 Å². The van der Waals surface area contributed by atoms with E-state index in [-0.39, 0.29) is 0 Å². The molecule has 0 unspecified atom stereocenters. The van der Waals surface area contributed by atoms with Crippen molar-refractivity contribution in [3.05, 3.63) is 36.0 Å². The number of rotatable bonds is 4. The van der Waals surface area contributed by atoms with Crippen LogP contribution in [0.5, 0.6) is 0 Å². The van der Waals surface area contributed by atoms with Crippen LogP contribution in [0.2, 0.25) is 0 Å². The first-order valence-corrected chi connectivity index (χ1v) is 6.07. The highest BCUT2D eigenvalue weighted by Gasteiger charge is 2.22. The molecule has 2 N–H and O–H groups in total. The maximum absolute atomic E-state index is 9.03. The normalized spacial score (nSPS) is 13.6. The lowest BCUT2D eigenvalue weighted by Crippen LogP contribution is -2.08. The number of anilines is 3. The Bertz CT molecular complexity index is 629. The summed E-state index contributed by atoms with van der Waals surface area (Å²) in [6.45, 7) is 0. The Morgan fingerprint density at radius 3 is 2.89 bits per heavy atom. The SMILES string of the molecule is N#Cc1ccccc1Nc1cnnc(NC2CC2)n1. The molecule has 0 saturated heterocycles. The van der Waals surface area contributed by atoms with Gasteiger partial charge in [-0.3, -0.25) is 0 Å². The first-order valence-electron chi connectivity index (χ1n) is 6.07. The van der Waals surface area contributed by atoms with Crippen molar-refractivity contribution < 1.29 is 0 Å². The molecule has 0 radical (unpaired) electrons. The molecule has 19 heavy (non-hydrogen) atoms. The van der Waals surface area contributed by atoms with E-state index in [1.54, 1.807) is 6.07 Å². The molecule has 6 nitrogen and oxygen atoms in total. The van der Waals surface area contributed by atoms with Crippen LogP contribution in [0.4, 0.5) is 17.5 Å². The van der Waals surface area contributed by atoms with Crippen molar-refractivity contribution in [2.45, 2.75) is 18.9 Å². The van der Waals surface area contributed by atoms with Gasteiger partial charge in [0.25, 0.3) is 0 Å². The Kier molecular flexibility index (Phi) is 2.94. The minimum Gasteiger partial charge on any atom is -0.350 e. The molecule has 0 aliphatic heterocycles. The van der Waals surface area contributed by atoms with Gasteiger partial charge in [-0.05, 0) is 25.0 Å². The van der Waals surface area contributed by atoms with Crippen LogP contribution in [0.1, 0.15) is 18.4 Å². The largest absolute Gasteiger partial charge is 0.350 e. The van der Waals surface area contributed by atoms with Gasteiger partial charge in [0.1, 0.15) is 6.07 Å². The molecule has 0 bridgehead atoms. The van der Waals surface area contributed by atoms with Gasteiger partial charge in [-0.1, -0.05) is 12.1 Å². The highest BCUT2D eigenvalue weighted by atomic mass is 15.3. The van der Waals surface area contributed by atoms with Crippen molar-refractivity contribution in [2.75, 3.05) is 10.6 Å². The quantitative estimate of drug-likeness (QED) is 0.866. The van der Waals surface area contributed by atoms with E-state index in [0.717, 1.165) is 12.8 Å². The van der Waals surface area contributed by atoms with Gasteiger partial charge in [0.15, 0.2) is 5.82 Å². The van der Waals surface area contributed by atoms with E-state index in [4.69, 9.17) is 5.26 Å². The number of para-hydroxylation sites is 1. The van der Waals surface area contributed by atoms with E-state index >= 15 is 0 Å². The predicted molar refractivity (Wildman–Crippen MR) is 70.9 cm³/mol. The van der Waals surface area contributed by atoms with Crippen LogP contribution in [0.25, 0.3) is 0 Å². The molecule has 1 aliphatic rings. The molecule has 0 amide bonds. The summed E-state index contributed by atoms with van der Waals surface area (Å²) < 4.78 is 0. The summed E-state index contributed by atoms with van der Waals surface area (Å²) in [4.78, 5) is 4.32. The van der Waals surface area contributed by atoms with E-state index in [0.29, 0.717) is 29.1 Å². The highest BCUT2D eigenvalue weighted by Crippen LogP contribution is 2.23. The summed E-state index contributed by atoms with van der Waals surface area (Å²) in [6, 6.07) is 9.87. The molecule has 2 aromatic rings. The fraction of sp³-hybridized carbons (Fsp3) is 0.231. The third-order valence-corrected chi connectivity index (χ3v) is 2.78. The standard InChI is InChI=1S/C13H12N6/c14-7-9-3-1-2-4-11(9)17-12-8-15-19-13(18-12)16-10-5-6-10/h1-4,8,10H,5-6H2,(H2,16,17,18,19). The van der Waals surface area contributed by atoms with Gasteiger partial charge in [0, 0.05) is 6.04 Å². The van der Waals surface area contributed by atoms with E-state index in [9.17, 15) is 0 Å². The fourth-order valence-corrected chi connectivity index (χ4v) is 1.66. The molecule has 0 atom stereocenters. The zero-order chi connectivity index (χ0) is 13.1. The number of nitriles is 1. The van der Waals surface area contributed by atoms with Crippen LogP contribution >= 0.6 is 0 Å². The van der Waals surface area contributed by atoms with Crippen LogP contribution in [0, 0.1) is 11.3 Å². The molecule has 6 heteroatoms. The number of nitrogens with zero attached hydrogens (tertiary/aromatic N) is 4. The second-order valence-electron chi connectivity index (χ2n) is 4.37. The lowest BCUT2D eigenvalue weighted by molar-refractivity contribution is 0.947. The minimum absolute atomic E-state index is 0.475. The predicted octanol–water partition coefficient (Wildman–Crippen LogP) is 2.06. The van der Waals surface area contributed by atoms with E-state index in [1.807, 2.05) is 18.2 Å². The summed E-state index contributed by atoms with van der Waals surface area (Å²) in [5.74, 6) is 1.09. The highest BCUT2D eigenvalue weighted by molar-refractivity contribution is 5.64. The second-order valence-corrected chi connectivity index (χ2v) is 4.37. The van der Waals surface area contributed by atoms with Crippen molar-refractivity contribution in [3.8, 4) is 6.07 Å². The lowest BCUT2D eigenvalue weighted by atomic mass is 10.2. The smallest absolute Gasteiger partial charge is 0.244 e. The Morgan fingerprint density at radius 2 is 2.11 bits per heavy atom. The average Bonchev–Trinajstić information content (AvgIpc) is 3.24. The molecule has 1 aliphatic carbocycles. The molecule has 1 heterocycles. The second kappa shape index (κ2) is 4.90. The Balaban J connectivity index is 1.80. The van der Waals surface area contributed by atoms with Gasteiger partial charge in [-0.15, -0.1) is 5.10 Å². The first kappa shape index (κ1) is 11.4. The van der Waals surface area contributed by atoms with Gasteiger partial charge in [-0.25, -0.2) is 0 Å². The van der Waals surface area contributed by atoms with Crippen molar-refractivity contribution in [1.29, 1.82) is 5.26 Å². The van der Waals surface area contributed by atoms with Gasteiger partial charge < -0.3 is 10.6 Å². The third kappa shape index (κ3) is 2.77. The van der Waals surface area contributed by atoms with Crippen molar-refractivity contribution in [2.24, 2.45) is 0 Å². The Hall–Kier alpha value is -2.68. The topological polar surface area (TPSA) is 86.5 Å². The van der Waals surface area contributed by atoms with Crippen LogP contribution in [0.15, 0.2) is 30.5 Å². The monoisotopic (exact) mass is 252 g/mol. The van der Waals surface area contributed by atoms with Crippen molar-refractivity contribution >= 4 is 17.5 Å². The summed E-state index contributed by atoms with van der Waals surface area (Å²) in [5, 5.41) is 23.1. The number of nitrogens with one attached hydrogen (secondary N) is 2. The number of hydrogen-bond donors (Lipinski definition) is 2. The van der Waals surface area contributed by atoms with Crippen LogP contribution in [-0.4, -0.2) is 21.2 Å². The summed E-state index contributed by atoms with van der Waals surface area (Å²) in [6.07, 6.45) is 3.84. The van der Waals surface area contributed by atoms with Crippen LogP contribution in [-0.2, 0) is 0 Å². The van der Waals surface area contributed by atoms with E-state index in [1.165, 1.54) is 6.20 Å². The van der Waals surface area contributed by atoms with Crippen LogP contribution in [0.3, 0.4) is 0 Å². The van der Waals surface area contributed by atoms with Gasteiger partial charge in [0.2, 0.25) is 5.95 Å². The summed E-state index contributed by atoms with van der Waals surface area (Å²) >= 11 is 0. The van der Waals surface area contributed by atoms with E-state index in [2.05, 4.69) is 31.9 Å². The minimum atomic E-state index is 0.475. The molecular weight excluding hydrogens is 240 g/mol. The number of hydrogen-bond acceptors (Lipinski definition) is 6. The van der Waals surface area contributed by atoms with Gasteiger partial charge in [-0.2, -0.15) is 15.3 Å². The summed E-state index contributed by atoms with van der Waals surface area (Å²) in [7, 11) is 0. The maximum Gasteiger partial charge on any atom is 0.244 e. The molecule has 1 aromatic heterocycles. The third-order valence-electron chi connectivity index (χ3n) is 2.78. The Labute approximate surface area is 110 Å². The fourth-order valence-electron chi connectivity index (χ4n) is 1.66. The zero-order valence-electron chi connectivity index (χ0n) is 10.2.